The average Bonchev–Trinajstić information content (AvgIpc) is 3.05. The van der Waals surface area contributed by atoms with E-state index < -0.39 is 0 Å². The smallest absolute Gasteiger partial charge is 0.310 e. The van der Waals surface area contributed by atoms with Crippen molar-refractivity contribution in [3.63, 3.8) is 0 Å². The molecular weight excluding hydrogens is 332 g/mol. The minimum Gasteiger partial charge on any atom is -0.469 e. The second-order valence-corrected chi connectivity index (χ2v) is 6.46. The van der Waals surface area contributed by atoms with Crippen molar-refractivity contribution in [2.75, 3.05) is 33.8 Å². The van der Waals surface area contributed by atoms with Crippen LogP contribution in [0.1, 0.15) is 29.8 Å². The van der Waals surface area contributed by atoms with E-state index in [2.05, 4.69) is 22.5 Å². The zero-order chi connectivity index (χ0) is 19.1. The third-order valence-corrected chi connectivity index (χ3v) is 4.61. The van der Waals surface area contributed by atoms with Crippen LogP contribution in [0.25, 0.3) is 0 Å². The van der Waals surface area contributed by atoms with Crippen LogP contribution in [0.3, 0.4) is 0 Å². The lowest BCUT2D eigenvalue weighted by atomic mass is 9.99. The number of esters is 1. The highest BCUT2D eigenvalue weighted by Gasteiger charge is 2.36. The number of rotatable bonds is 5. The fourth-order valence-corrected chi connectivity index (χ4v) is 3.10. The number of nitrogens with zero attached hydrogens (tertiary/aromatic N) is 2. The molecule has 1 amide bonds. The third kappa shape index (κ3) is 4.74. The van der Waals surface area contributed by atoms with Crippen LogP contribution in [0.15, 0.2) is 29.3 Å². The first-order chi connectivity index (χ1) is 12.5. The number of carbonyl (C=O) groups excluding carboxylic acids is 2. The Kier molecular flexibility index (Phi) is 7.00. The van der Waals surface area contributed by atoms with Gasteiger partial charge < -0.3 is 20.3 Å². The highest BCUT2D eigenvalue weighted by Crippen LogP contribution is 2.24. The van der Waals surface area contributed by atoms with Gasteiger partial charge in [0.25, 0.3) is 5.91 Å². The van der Waals surface area contributed by atoms with E-state index in [4.69, 9.17) is 9.73 Å². The Bertz CT molecular complexity index is 657. The Labute approximate surface area is 154 Å². The Morgan fingerprint density at radius 1 is 1.27 bits per heavy atom. The number of methoxy groups -OCH3 is 1. The number of hydrogen-bond donors (Lipinski definition) is 2. The molecule has 0 aromatic heterocycles. The van der Waals surface area contributed by atoms with Crippen LogP contribution in [0.5, 0.6) is 0 Å². The second kappa shape index (κ2) is 9.22. The lowest BCUT2D eigenvalue weighted by Gasteiger charge is -2.21. The molecule has 0 saturated carbocycles. The van der Waals surface area contributed by atoms with Crippen LogP contribution in [0.2, 0.25) is 0 Å². The van der Waals surface area contributed by atoms with Crippen molar-refractivity contribution >= 4 is 17.8 Å². The van der Waals surface area contributed by atoms with E-state index in [1.807, 2.05) is 19.1 Å². The van der Waals surface area contributed by atoms with Gasteiger partial charge in [-0.2, -0.15) is 0 Å². The molecule has 0 bridgehead atoms. The average molecular weight is 360 g/mol. The number of likely N-dealkylation sites (tertiary alicyclic amines) is 1. The van der Waals surface area contributed by atoms with Crippen molar-refractivity contribution in [3.05, 3.63) is 35.4 Å². The molecule has 1 saturated heterocycles. The molecule has 142 valence electrons. The molecule has 1 fully saturated rings. The number of benzene rings is 1. The van der Waals surface area contributed by atoms with E-state index in [1.54, 1.807) is 19.2 Å². The summed E-state index contributed by atoms with van der Waals surface area (Å²) in [5.41, 5.74) is 1.64. The van der Waals surface area contributed by atoms with Gasteiger partial charge in [0.2, 0.25) is 0 Å². The molecule has 1 aliphatic rings. The summed E-state index contributed by atoms with van der Waals surface area (Å²) >= 11 is 0. The molecule has 0 aliphatic carbocycles. The Morgan fingerprint density at radius 3 is 2.54 bits per heavy atom. The lowest BCUT2D eigenvalue weighted by Crippen LogP contribution is -2.40. The lowest BCUT2D eigenvalue weighted by molar-refractivity contribution is -0.145. The summed E-state index contributed by atoms with van der Waals surface area (Å²) in [5, 5.41) is 5.90. The Balaban J connectivity index is 2.07. The van der Waals surface area contributed by atoms with E-state index >= 15 is 0 Å². The maximum atomic E-state index is 11.9. The highest BCUT2D eigenvalue weighted by molar-refractivity contribution is 5.93. The number of nitrogens with one attached hydrogen (secondary N) is 2. The van der Waals surface area contributed by atoms with Crippen LogP contribution in [-0.4, -0.2) is 56.5 Å². The molecule has 0 spiro atoms. The standard InChI is InChI=1S/C19H28N4O3/c1-5-21-19(23-11-13(2)16(12-23)18(25)26-4)22-10-14-6-8-15(9-7-14)17(24)20-3/h6-9,13,16H,5,10-12H2,1-4H3,(H,20,24)(H,21,22). The molecule has 1 heterocycles. The van der Waals surface area contributed by atoms with Crippen LogP contribution >= 0.6 is 0 Å². The summed E-state index contributed by atoms with van der Waals surface area (Å²) in [6.45, 7) is 6.70. The molecule has 2 unspecified atom stereocenters. The van der Waals surface area contributed by atoms with Gasteiger partial charge in [0, 0.05) is 32.2 Å². The molecule has 7 heteroatoms. The van der Waals surface area contributed by atoms with Crippen molar-refractivity contribution < 1.29 is 14.3 Å². The first-order valence-electron chi connectivity index (χ1n) is 8.92. The third-order valence-electron chi connectivity index (χ3n) is 4.61. The van der Waals surface area contributed by atoms with Gasteiger partial charge in [-0.1, -0.05) is 19.1 Å². The largest absolute Gasteiger partial charge is 0.469 e. The van der Waals surface area contributed by atoms with Crippen molar-refractivity contribution in [3.8, 4) is 0 Å². The number of carbonyl (C=O) groups is 2. The molecule has 26 heavy (non-hydrogen) atoms. The highest BCUT2D eigenvalue weighted by atomic mass is 16.5. The summed E-state index contributed by atoms with van der Waals surface area (Å²) in [6, 6.07) is 7.40. The summed E-state index contributed by atoms with van der Waals surface area (Å²) < 4.78 is 4.90. The van der Waals surface area contributed by atoms with Gasteiger partial charge in [0.05, 0.1) is 19.6 Å². The first kappa shape index (κ1) is 19.8. The summed E-state index contributed by atoms with van der Waals surface area (Å²) in [4.78, 5) is 30.3. The predicted molar refractivity (Wildman–Crippen MR) is 101 cm³/mol. The SMILES string of the molecule is CCNC(=NCc1ccc(C(=O)NC)cc1)N1CC(C)C(C(=O)OC)C1. The fourth-order valence-electron chi connectivity index (χ4n) is 3.10. The van der Waals surface area contributed by atoms with E-state index in [9.17, 15) is 9.59 Å². The maximum Gasteiger partial charge on any atom is 0.310 e. The van der Waals surface area contributed by atoms with Crippen molar-refractivity contribution in [2.24, 2.45) is 16.8 Å². The van der Waals surface area contributed by atoms with Crippen LogP contribution in [-0.2, 0) is 16.1 Å². The number of guanidine groups is 1. The Morgan fingerprint density at radius 2 is 1.96 bits per heavy atom. The van der Waals surface area contributed by atoms with Crippen LogP contribution in [0.4, 0.5) is 0 Å². The molecule has 2 N–H and O–H groups in total. The van der Waals surface area contributed by atoms with Gasteiger partial charge in [-0.25, -0.2) is 4.99 Å². The molecule has 0 radical (unpaired) electrons. The van der Waals surface area contributed by atoms with E-state index in [-0.39, 0.29) is 23.7 Å². The van der Waals surface area contributed by atoms with Gasteiger partial charge in [-0.3, -0.25) is 9.59 Å². The van der Waals surface area contributed by atoms with E-state index in [0.29, 0.717) is 18.7 Å². The summed E-state index contributed by atoms with van der Waals surface area (Å²) in [5.74, 6) is 0.615. The van der Waals surface area contributed by atoms with Crippen molar-refractivity contribution in [2.45, 2.75) is 20.4 Å². The second-order valence-electron chi connectivity index (χ2n) is 6.46. The number of hydrogen-bond acceptors (Lipinski definition) is 4. The number of aliphatic imine (C=N–C) groups is 1. The molecule has 1 aliphatic heterocycles. The van der Waals surface area contributed by atoms with Gasteiger partial charge >= 0.3 is 5.97 Å². The van der Waals surface area contributed by atoms with Crippen LogP contribution < -0.4 is 10.6 Å². The first-order valence-corrected chi connectivity index (χ1v) is 8.92. The predicted octanol–water partition coefficient (Wildman–Crippen LogP) is 1.25. The minimum absolute atomic E-state index is 0.103. The maximum absolute atomic E-state index is 11.9. The van der Waals surface area contributed by atoms with E-state index in [1.165, 1.54) is 7.11 Å². The molecule has 2 rings (SSSR count). The van der Waals surface area contributed by atoms with Gasteiger partial charge in [0.15, 0.2) is 5.96 Å². The molecule has 7 nitrogen and oxygen atoms in total. The zero-order valence-corrected chi connectivity index (χ0v) is 15.9. The monoisotopic (exact) mass is 360 g/mol. The molecule has 2 atom stereocenters. The molecule has 1 aromatic rings. The van der Waals surface area contributed by atoms with Gasteiger partial charge in [-0.05, 0) is 30.5 Å². The summed E-state index contributed by atoms with van der Waals surface area (Å²) in [6.07, 6.45) is 0. The van der Waals surface area contributed by atoms with Crippen LogP contribution in [0, 0.1) is 11.8 Å². The molecule has 1 aromatic carbocycles. The van der Waals surface area contributed by atoms with Gasteiger partial charge in [0.1, 0.15) is 0 Å². The van der Waals surface area contributed by atoms with Crippen molar-refractivity contribution in [1.29, 1.82) is 0 Å². The van der Waals surface area contributed by atoms with Gasteiger partial charge in [-0.15, -0.1) is 0 Å². The topological polar surface area (TPSA) is 83.0 Å². The number of ether oxygens (including phenoxy) is 1. The normalized spacial score (nSPS) is 20.0. The summed E-state index contributed by atoms with van der Waals surface area (Å²) in [7, 11) is 3.04. The Hall–Kier alpha value is -2.57. The van der Waals surface area contributed by atoms with E-state index in [0.717, 1.165) is 24.6 Å². The van der Waals surface area contributed by atoms with Crippen molar-refractivity contribution in [1.82, 2.24) is 15.5 Å². The molecular formula is C19H28N4O3. The zero-order valence-electron chi connectivity index (χ0n) is 15.9. The fraction of sp³-hybridized carbons (Fsp3) is 0.526. The minimum atomic E-state index is -0.166. The number of amides is 1. The quantitative estimate of drug-likeness (QED) is 0.469.